The van der Waals surface area contributed by atoms with Crippen LogP contribution < -0.4 is 9.47 Å². The summed E-state index contributed by atoms with van der Waals surface area (Å²) in [6.45, 7) is 4.98. The third-order valence-corrected chi connectivity index (χ3v) is 6.19. The largest absolute Gasteiger partial charge is 0.494 e. The second kappa shape index (κ2) is 8.73. The van der Waals surface area contributed by atoms with Gasteiger partial charge < -0.3 is 9.47 Å². The van der Waals surface area contributed by atoms with Crippen LogP contribution in [-0.4, -0.2) is 12.6 Å². The van der Waals surface area contributed by atoms with Crippen LogP contribution in [0.15, 0.2) is 24.3 Å². The molecule has 2 aliphatic carbocycles. The molecule has 0 bridgehead atoms. The van der Waals surface area contributed by atoms with Crippen molar-refractivity contribution in [2.75, 3.05) is 6.61 Å². The molecule has 0 amide bonds. The minimum absolute atomic E-state index is 0.0557. The molecule has 1 aromatic carbocycles. The van der Waals surface area contributed by atoms with Crippen LogP contribution in [0.5, 0.6) is 11.5 Å². The van der Waals surface area contributed by atoms with Crippen LogP contribution in [0.25, 0.3) is 0 Å². The quantitative estimate of drug-likeness (QED) is 0.513. The highest BCUT2D eigenvalue weighted by molar-refractivity contribution is 5.75. The van der Waals surface area contributed by atoms with Gasteiger partial charge in [0.15, 0.2) is 0 Å². The molecule has 1 aromatic rings. The normalized spacial score (nSPS) is 29.8. The number of benzene rings is 1. The van der Waals surface area contributed by atoms with E-state index in [4.69, 9.17) is 9.47 Å². The monoisotopic (exact) mass is 344 g/mol. The number of carbonyl (C=O) groups is 1. The molecule has 0 N–H and O–H groups in total. The van der Waals surface area contributed by atoms with E-state index in [9.17, 15) is 4.79 Å². The number of hydrogen-bond donors (Lipinski definition) is 0. The maximum absolute atomic E-state index is 12.5. The number of hydrogen-bond acceptors (Lipinski definition) is 3. The molecule has 3 heteroatoms. The molecule has 0 heterocycles. The molecular weight excluding hydrogens is 312 g/mol. The minimum atomic E-state index is -0.0557. The Kier molecular flexibility index (Phi) is 6.39. The summed E-state index contributed by atoms with van der Waals surface area (Å²) in [5.41, 5.74) is 0. The van der Waals surface area contributed by atoms with Crippen molar-refractivity contribution < 1.29 is 14.3 Å². The van der Waals surface area contributed by atoms with Gasteiger partial charge in [0.25, 0.3) is 0 Å². The van der Waals surface area contributed by atoms with Crippen LogP contribution >= 0.6 is 0 Å². The van der Waals surface area contributed by atoms with Crippen molar-refractivity contribution in [1.29, 1.82) is 0 Å². The number of carbonyl (C=O) groups excluding carboxylic acids is 1. The lowest BCUT2D eigenvalue weighted by Gasteiger charge is -2.36. The van der Waals surface area contributed by atoms with Crippen LogP contribution in [-0.2, 0) is 4.79 Å². The van der Waals surface area contributed by atoms with E-state index in [1.165, 1.54) is 38.5 Å². The van der Waals surface area contributed by atoms with Gasteiger partial charge in [-0.3, -0.25) is 4.79 Å². The Morgan fingerprint density at radius 3 is 1.96 bits per heavy atom. The van der Waals surface area contributed by atoms with Gasteiger partial charge in [-0.25, -0.2) is 0 Å². The van der Waals surface area contributed by atoms with E-state index in [0.29, 0.717) is 12.4 Å². The van der Waals surface area contributed by atoms with E-state index in [2.05, 4.69) is 6.92 Å². The summed E-state index contributed by atoms with van der Waals surface area (Å²) >= 11 is 0. The maximum Gasteiger partial charge on any atom is 0.314 e. The van der Waals surface area contributed by atoms with Gasteiger partial charge in [-0.05, 0) is 87.5 Å². The average molecular weight is 344 g/mol. The molecule has 0 unspecified atom stereocenters. The highest BCUT2D eigenvalue weighted by Crippen LogP contribution is 2.41. The molecule has 0 aliphatic heterocycles. The predicted octanol–water partition coefficient (Wildman–Crippen LogP) is 5.62. The molecule has 0 aromatic heterocycles. The van der Waals surface area contributed by atoms with Crippen molar-refractivity contribution in [3.63, 3.8) is 0 Å². The number of rotatable bonds is 5. The van der Waals surface area contributed by atoms with Crippen molar-refractivity contribution in [2.45, 2.75) is 65.2 Å². The van der Waals surface area contributed by atoms with E-state index >= 15 is 0 Å². The number of ether oxygens (including phenoxy) is 2. The fraction of sp³-hybridized carbons (Fsp3) is 0.682. The first-order valence-electron chi connectivity index (χ1n) is 10.1. The zero-order valence-electron chi connectivity index (χ0n) is 15.7. The van der Waals surface area contributed by atoms with Gasteiger partial charge in [-0.1, -0.05) is 19.8 Å². The zero-order valence-corrected chi connectivity index (χ0v) is 15.7. The third-order valence-electron chi connectivity index (χ3n) is 6.19. The fourth-order valence-corrected chi connectivity index (χ4v) is 4.55. The van der Waals surface area contributed by atoms with Crippen molar-refractivity contribution in [3.8, 4) is 11.5 Å². The highest BCUT2D eigenvalue weighted by atomic mass is 16.5. The fourth-order valence-electron chi connectivity index (χ4n) is 4.55. The average Bonchev–Trinajstić information content (AvgIpc) is 2.64. The van der Waals surface area contributed by atoms with E-state index < -0.39 is 0 Å². The van der Waals surface area contributed by atoms with E-state index in [1.54, 1.807) is 0 Å². The Bertz CT molecular complexity index is 535. The summed E-state index contributed by atoms with van der Waals surface area (Å²) in [4.78, 5) is 12.5. The lowest BCUT2D eigenvalue weighted by Crippen LogP contribution is -2.29. The summed E-state index contributed by atoms with van der Waals surface area (Å²) in [5, 5.41) is 0. The maximum atomic E-state index is 12.5. The third kappa shape index (κ3) is 4.99. The molecule has 2 fully saturated rings. The van der Waals surface area contributed by atoms with Crippen LogP contribution in [0.4, 0.5) is 0 Å². The van der Waals surface area contributed by atoms with Gasteiger partial charge in [-0.2, -0.15) is 0 Å². The summed E-state index contributed by atoms with van der Waals surface area (Å²) in [7, 11) is 0. The van der Waals surface area contributed by atoms with Crippen molar-refractivity contribution >= 4 is 5.97 Å². The van der Waals surface area contributed by atoms with Gasteiger partial charge in [-0.15, -0.1) is 0 Å². The van der Waals surface area contributed by atoms with E-state index in [1.807, 2.05) is 31.2 Å². The van der Waals surface area contributed by atoms with Gasteiger partial charge >= 0.3 is 5.97 Å². The predicted molar refractivity (Wildman–Crippen MR) is 99.8 cm³/mol. The molecule has 0 radical (unpaired) electrons. The molecule has 2 aliphatic rings. The first-order chi connectivity index (χ1) is 12.2. The summed E-state index contributed by atoms with van der Waals surface area (Å²) in [6, 6.07) is 7.34. The van der Waals surface area contributed by atoms with Crippen LogP contribution in [0.2, 0.25) is 0 Å². The lowest BCUT2D eigenvalue weighted by molar-refractivity contribution is -0.140. The first kappa shape index (κ1) is 18.3. The molecule has 138 valence electrons. The Balaban J connectivity index is 1.45. The molecule has 25 heavy (non-hydrogen) atoms. The standard InChI is InChI=1S/C22H32O3/c1-3-24-20-12-14-21(15-13-20)25-22(23)19-10-8-18(9-11-19)17-6-4-16(2)5-7-17/h12-19H,3-11H2,1-2H3. The highest BCUT2D eigenvalue weighted by Gasteiger charge is 2.33. The Morgan fingerprint density at radius 1 is 0.880 bits per heavy atom. The Hall–Kier alpha value is -1.51. The van der Waals surface area contributed by atoms with Crippen LogP contribution in [0.3, 0.4) is 0 Å². The summed E-state index contributed by atoms with van der Waals surface area (Å²) in [6.07, 6.45) is 9.96. The Morgan fingerprint density at radius 2 is 1.40 bits per heavy atom. The SMILES string of the molecule is CCOc1ccc(OC(=O)C2CCC(C3CCC(C)CC3)CC2)cc1. The minimum Gasteiger partial charge on any atom is -0.494 e. The van der Waals surface area contributed by atoms with Crippen LogP contribution in [0.1, 0.15) is 65.2 Å². The molecule has 0 atom stereocenters. The van der Waals surface area contributed by atoms with Gasteiger partial charge in [0.2, 0.25) is 0 Å². The molecular formula is C22H32O3. The molecule has 0 spiro atoms. The molecule has 3 nitrogen and oxygen atoms in total. The lowest BCUT2D eigenvalue weighted by atomic mass is 9.69. The molecule has 0 saturated heterocycles. The zero-order chi connectivity index (χ0) is 17.6. The van der Waals surface area contributed by atoms with E-state index in [-0.39, 0.29) is 11.9 Å². The Labute approximate surface area is 152 Å². The van der Waals surface area contributed by atoms with Crippen molar-refractivity contribution in [2.24, 2.45) is 23.7 Å². The van der Waals surface area contributed by atoms with Gasteiger partial charge in [0.1, 0.15) is 11.5 Å². The topological polar surface area (TPSA) is 35.5 Å². The second-order valence-electron chi connectivity index (χ2n) is 7.96. The summed E-state index contributed by atoms with van der Waals surface area (Å²) < 4.78 is 11.0. The van der Waals surface area contributed by atoms with E-state index in [0.717, 1.165) is 36.3 Å². The number of esters is 1. The molecule has 2 saturated carbocycles. The molecule has 3 rings (SSSR count). The van der Waals surface area contributed by atoms with Crippen LogP contribution in [0, 0.1) is 23.7 Å². The summed E-state index contributed by atoms with van der Waals surface area (Å²) in [5.74, 6) is 4.10. The van der Waals surface area contributed by atoms with Crippen molar-refractivity contribution in [3.05, 3.63) is 24.3 Å². The van der Waals surface area contributed by atoms with Gasteiger partial charge in [0.05, 0.1) is 12.5 Å². The second-order valence-corrected chi connectivity index (χ2v) is 7.96. The van der Waals surface area contributed by atoms with Crippen molar-refractivity contribution in [1.82, 2.24) is 0 Å². The first-order valence-corrected chi connectivity index (χ1v) is 10.1. The van der Waals surface area contributed by atoms with Gasteiger partial charge in [0, 0.05) is 0 Å². The smallest absolute Gasteiger partial charge is 0.314 e.